The highest BCUT2D eigenvalue weighted by molar-refractivity contribution is 5.73. The minimum absolute atomic E-state index is 0.0741. The molecule has 0 aliphatic heterocycles. The lowest BCUT2D eigenvalue weighted by atomic mass is 10.2. The van der Waals surface area contributed by atoms with Crippen LogP contribution >= 0.6 is 0 Å². The van der Waals surface area contributed by atoms with E-state index in [1.54, 1.807) is 0 Å². The van der Waals surface area contributed by atoms with Gasteiger partial charge in [-0.3, -0.25) is 0 Å². The normalized spacial score (nSPS) is 10.1. The van der Waals surface area contributed by atoms with Crippen molar-refractivity contribution in [2.75, 3.05) is 13.2 Å². The SMILES string of the molecule is O=C(NCCCO)NCc1ccc(OCc2ccccc2)cc1. The summed E-state index contributed by atoms with van der Waals surface area (Å²) in [5.74, 6) is 0.796. The Morgan fingerprint density at radius 3 is 2.39 bits per heavy atom. The van der Waals surface area contributed by atoms with Gasteiger partial charge in [-0.15, -0.1) is 0 Å². The maximum atomic E-state index is 11.5. The first-order valence-corrected chi connectivity index (χ1v) is 7.66. The molecular formula is C18H22N2O3. The molecule has 2 amide bonds. The average molecular weight is 314 g/mol. The number of aliphatic hydroxyl groups is 1. The summed E-state index contributed by atoms with van der Waals surface area (Å²) in [6.07, 6.45) is 0.556. The van der Waals surface area contributed by atoms with Gasteiger partial charge >= 0.3 is 6.03 Å². The maximum absolute atomic E-state index is 11.5. The Bertz CT molecular complexity index is 585. The third-order valence-corrected chi connectivity index (χ3v) is 3.25. The lowest BCUT2D eigenvalue weighted by Crippen LogP contribution is -2.35. The van der Waals surface area contributed by atoms with E-state index in [0.717, 1.165) is 16.9 Å². The highest BCUT2D eigenvalue weighted by Crippen LogP contribution is 2.14. The van der Waals surface area contributed by atoms with E-state index >= 15 is 0 Å². The summed E-state index contributed by atoms with van der Waals surface area (Å²) >= 11 is 0. The molecule has 2 aromatic rings. The molecule has 0 fully saturated rings. The third kappa shape index (κ3) is 6.40. The second kappa shape index (κ2) is 9.48. The van der Waals surface area contributed by atoms with Crippen LogP contribution in [0.15, 0.2) is 54.6 Å². The van der Waals surface area contributed by atoms with Crippen molar-refractivity contribution in [2.45, 2.75) is 19.6 Å². The van der Waals surface area contributed by atoms with Gasteiger partial charge in [-0.05, 0) is 29.7 Å². The Balaban J connectivity index is 1.72. The number of nitrogens with one attached hydrogen (secondary N) is 2. The summed E-state index contributed by atoms with van der Waals surface area (Å²) in [7, 11) is 0. The largest absolute Gasteiger partial charge is 0.489 e. The van der Waals surface area contributed by atoms with Crippen LogP contribution in [0, 0.1) is 0 Å². The van der Waals surface area contributed by atoms with Gasteiger partial charge < -0.3 is 20.5 Å². The number of urea groups is 1. The van der Waals surface area contributed by atoms with E-state index in [1.807, 2.05) is 54.6 Å². The zero-order valence-electron chi connectivity index (χ0n) is 13.0. The lowest BCUT2D eigenvalue weighted by Gasteiger charge is -2.09. The fraction of sp³-hybridized carbons (Fsp3) is 0.278. The zero-order valence-corrected chi connectivity index (χ0v) is 13.0. The van der Waals surface area contributed by atoms with Crippen molar-refractivity contribution in [1.82, 2.24) is 10.6 Å². The quantitative estimate of drug-likeness (QED) is 0.656. The van der Waals surface area contributed by atoms with E-state index in [1.165, 1.54) is 0 Å². The predicted molar refractivity (Wildman–Crippen MR) is 89.2 cm³/mol. The van der Waals surface area contributed by atoms with Crippen LogP contribution in [-0.2, 0) is 13.2 Å². The van der Waals surface area contributed by atoms with Crippen molar-refractivity contribution in [3.8, 4) is 5.75 Å². The van der Waals surface area contributed by atoms with Crippen molar-refractivity contribution in [3.63, 3.8) is 0 Å². The minimum atomic E-state index is -0.233. The molecule has 0 atom stereocenters. The molecule has 122 valence electrons. The Kier molecular flexibility index (Phi) is 6.94. The third-order valence-electron chi connectivity index (χ3n) is 3.25. The van der Waals surface area contributed by atoms with Crippen LogP contribution in [0.2, 0.25) is 0 Å². The number of rotatable bonds is 8. The van der Waals surface area contributed by atoms with Crippen molar-refractivity contribution in [3.05, 3.63) is 65.7 Å². The molecule has 0 saturated carbocycles. The highest BCUT2D eigenvalue weighted by Gasteiger charge is 2.01. The summed E-state index contributed by atoms with van der Waals surface area (Å²) < 4.78 is 5.71. The molecule has 23 heavy (non-hydrogen) atoms. The van der Waals surface area contributed by atoms with Crippen LogP contribution in [0.4, 0.5) is 4.79 Å². The van der Waals surface area contributed by atoms with Gasteiger partial charge in [0.2, 0.25) is 0 Å². The van der Waals surface area contributed by atoms with E-state index in [0.29, 0.717) is 26.1 Å². The van der Waals surface area contributed by atoms with Crippen molar-refractivity contribution < 1.29 is 14.6 Å². The van der Waals surface area contributed by atoms with Gasteiger partial charge in [0.1, 0.15) is 12.4 Å². The number of hydrogen-bond acceptors (Lipinski definition) is 3. The standard InChI is InChI=1S/C18H22N2O3/c21-12-4-11-19-18(22)20-13-15-7-9-17(10-8-15)23-14-16-5-2-1-3-6-16/h1-3,5-10,21H,4,11-14H2,(H2,19,20,22). The van der Waals surface area contributed by atoms with Gasteiger partial charge in [-0.1, -0.05) is 42.5 Å². The Labute approximate surface area is 136 Å². The topological polar surface area (TPSA) is 70.6 Å². The molecule has 0 aliphatic rings. The van der Waals surface area contributed by atoms with Gasteiger partial charge in [-0.25, -0.2) is 4.79 Å². The number of aliphatic hydroxyl groups excluding tert-OH is 1. The molecule has 3 N–H and O–H groups in total. The second-order valence-electron chi connectivity index (χ2n) is 5.10. The number of hydrogen-bond donors (Lipinski definition) is 3. The van der Waals surface area contributed by atoms with E-state index in [2.05, 4.69) is 10.6 Å². The van der Waals surface area contributed by atoms with Gasteiger partial charge in [0.15, 0.2) is 0 Å². The molecule has 0 spiro atoms. The molecule has 0 saturated heterocycles. The molecular weight excluding hydrogens is 292 g/mol. The van der Waals surface area contributed by atoms with Crippen molar-refractivity contribution in [2.24, 2.45) is 0 Å². The average Bonchev–Trinajstić information content (AvgIpc) is 2.60. The van der Waals surface area contributed by atoms with Gasteiger partial charge in [0.05, 0.1) is 0 Å². The predicted octanol–water partition coefficient (Wildman–Crippen LogP) is 2.45. The molecule has 5 nitrogen and oxygen atoms in total. The monoisotopic (exact) mass is 314 g/mol. The smallest absolute Gasteiger partial charge is 0.315 e. The van der Waals surface area contributed by atoms with Crippen LogP contribution in [0.1, 0.15) is 17.5 Å². The van der Waals surface area contributed by atoms with E-state index < -0.39 is 0 Å². The Hall–Kier alpha value is -2.53. The summed E-state index contributed by atoms with van der Waals surface area (Å²) in [6.45, 7) is 1.52. The van der Waals surface area contributed by atoms with Crippen molar-refractivity contribution >= 4 is 6.03 Å². The van der Waals surface area contributed by atoms with E-state index in [9.17, 15) is 4.79 Å². The van der Waals surface area contributed by atoms with Crippen LogP contribution in [0.25, 0.3) is 0 Å². The molecule has 0 unspecified atom stereocenters. The highest BCUT2D eigenvalue weighted by atomic mass is 16.5. The summed E-state index contributed by atoms with van der Waals surface area (Å²) in [6, 6.07) is 17.4. The summed E-state index contributed by atoms with van der Waals surface area (Å²) in [5, 5.41) is 14.1. The molecule has 2 rings (SSSR count). The molecule has 0 radical (unpaired) electrons. The minimum Gasteiger partial charge on any atom is -0.489 e. The van der Waals surface area contributed by atoms with Crippen LogP contribution < -0.4 is 15.4 Å². The van der Waals surface area contributed by atoms with Crippen LogP contribution in [0.5, 0.6) is 5.75 Å². The van der Waals surface area contributed by atoms with Crippen LogP contribution in [-0.4, -0.2) is 24.3 Å². The molecule has 5 heteroatoms. The molecule has 0 aromatic heterocycles. The first-order valence-electron chi connectivity index (χ1n) is 7.66. The van der Waals surface area contributed by atoms with Crippen LogP contribution in [0.3, 0.4) is 0 Å². The number of carbonyl (C=O) groups is 1. The van der Waals surface area contributed by atoms with Gasteiger partial charge in [-0.2, -0.15) is 0 Å². The van der Waals surface area contributed by atoms with Gasteiger partial charge in [0, 0.05) is 19.7 Å². The Morgan fingerprint density at radius 2 is 1.70 bits per heavy atom. The van der Waals surface area contributed by atoms with Gasteiger partial charge in [0.25, 0.3) is 0 Å². The molecule has 0 heterocycles. The van der Waals surface area contributed by atoms with E-state index in [4.69, 9.17) is 9.84 Å². The fourth-order valence-electron chi connectivity index (χ4n) is 1.97. The summed E-state index contributed by atoms with van der Waals surface area (Å²) in [5.41, 5.74) is 2.12. The first-order chi connectivity index (χ1) is 11.3. The zero-order chi connectivity index (χ0) is 16.3. The van der Waals surface area contributed by atoms with Crippen molar-refractivity contribution in [1.29, 1.82) is 0 Å². The van der Waals surface area contributed by atoms with E-state index in [-0.39, 0.29) is 12.6 Å². The maximum Gasteiger partial charge on any atom is 0.315 e. The number of amides is 2. The lowest BCUT2D eigenvalue weighted by molar-refractivity contribution is 0.237. The summed E-state index contributed by atoms with van der Waals surface area (Å²) in [4.78, 5) is 11.5. The first kappa shape index (κ1) is 16.8. The molecule has 0 bridgehead atoms. The molecule has 2 aromatic carbocycles. The Morgan fingerprint density at radius 1 is 0.957 bits per heavy atom. The number of benzene rings is 2. The number of ether oxygens (including phenoxy) is 1. The second-order valence-corrected chi connectivity index (χ2v) is 5.10. The fourth-order valence-corrected chi connectivity index (χ4v) is 1.97. The number of carbonyl (C=O) groups excluding carboxylic acids is 1. The molecule has 0 aliphatic carbocycles.